The Kier molecular flexibility index (Phi) is 10.1. The van der Waals surface area contributed by atoms with Gasteiger partial charge in [-0.1, -0.05) is 37.3 Å². The third kappa shape index (κ3) is 8.27. The second kappa shape index (κ2) is 13.7. The van der Waals surface area contributed by atoms with Gasteiger partial charge in [0.1, 0.15) is 12.3 Å². The Balaban J connectivity index is 1.47. The molecule has 0 saturated carbocycles. The summed E-state index contributed by atoms with van der Waals surface area (Å²) in [6.45, 7) is 4.96. The second-order valence-corrected chi connectivity index (χ2v) is 8.78. The van der Waals surface area contributed by atoms with Gasteiger partial charge in [-0.3, -0.25) is 4.79 Å². The summed E-state index contributed by atoms with van der Waals surface area (Å²) in [7, 11) is 1.58. The first-order chi connectivity index (χ1) is 17.5. The minimum absolute atomic E-state index is 0.0486. The number of ether oxygens (including phenoxy) is 2. The molecule has 0 atom stereocenters. The monoisotopic (exact) mass is 487 g/mol. The van der Waals surface area contributed by atoms with E-state index < -0.39 is 0 Å². The number of allylic oxidation sites excluding steroid dienone is 2. The van der Waals surface area contributed by atoms with E-state index in [2.05, 4.69) is 47.7 Å². The molecule has 8 nitrogen and oxygen atoms in total. The van der Waals surface area contributed by atoms with E-state index in [0.717, 1.165) is 30.5 Å². The summed E-state index contributed by atoms with van der Waals surface area (Å²) in [6, 6.07) is 14.8. The number of aromatic nitrogens is 3. The molecule has 0 saturated heterocycles. The van der Waals surface area contributed by atoms with Crippen LogP contribution in [0.5, 0.6) is 11.5 Å². The molecule has 1 amide bonds. The molecular weight excluding hydrogens is 454 g/mol. The normalized spacial score (nSPS) is 11.0. The van der Waals surface area contributed by atoms with Crippen LogP contribution in [0.25, 0.3) is 5.69 Å². The fourth-order valence-corrected chi connectivity index (χ4v) is 3.48. The molecule has 3 rings (SSSR count). The standard InChI is InChI=1S/C28H33N5O3/c1-21(2)8-6-4-5-7-9-28(34)30-18-23-12-15-26(27(16-23)35-3)36-20-24-19-33(32-31-24)25-13-10-22(17-29)11-14-25/h6,8,10-16,19,21H,4-5,7,9,18,20H2,1-3H3,(H,30,34)/b8-6+. The molecule has 0 unspecified atom stereocenters. The lowest BCUT2D eigenvalue weighted by atomic mass is 10.1. The number of rotatable bonds is 13. The molecule has 0 aliphatic heterocycles. The van der Waals surface area contributed by atoms with Gasteiger partial charge in [0.15, 0.2) is 11.5 Å². The zero-order chi connectivity index (χ0) is 25.8. The maximum Gasteiger partial charge on any atom is 0.220 e. The van der Waals surface area contributed by atoms with Gasteiger partial charge in [0.25, 0.3) is 0 Å². The summed E-state index contributed by atoms with van der Waals surface area (Å²) < 4.78 is 13.0. The lowest BCUT2D eigenvalue weighted by Crippen LogP contribution is -2.22. The number of methoxy groups -OCH3 is 1. The fraction of sp³-hybridized carbons (Fsp3) is 0.357. The first-order valence-corrected chi connectivity index (χ1v) is 12.1. The van der Waals surface area contributed by atoms with E-state index in [1.54, 1.807) is 30.1 Å². The largest absolute Gasteiger partial charge is 0.493 e. The highest BCUT2D eigenvalue weighted by atomic mass is 16.5. The number of nitrogens with one attached hydrogen (secondary N) is 1. The highest BCUT2D eigenvalue weighted by Crippen LogP contribution is 2.28. The van der Waals surface area contributed by atoms with Gasteiger partial charge in [-0.2, -0.15) is 5.26 Å². The zero-order valence-electron chi connectivity index (χ0n) is 21.1. The van der Waals surface area contributed by atoms with Crippen LogP contribution < -0.4 is 14.8 Å². The molecule has 2 aromatic carbocycles. The number of carbonyl (C=O) groups excluding carboxylic acids is 1. The Morgan fingerprint density at radius 1 is 1.17 bits per heavy atom. The summed E-state index contributed by atoms with van der Waals surface area (Å²) in [4.78, 5) is 12.2. The van der Waals surface area contributed by atoms with Crippen molar-refractivity contribution < 1.29 is 14.3 Å². The Morgan fingerprint density at radius 2 is 1.97 bits per heavy atom. The molecule has 188 valence electrons. The molecule has 36 heavy (non-hydrogen) atoms. The van der Waals surface area contributed by atoms with E-state index >= 15 is 0 Å². The van der Waals surface area contributed by atoms with Crippen LogP contribution in [-0.2, 0) is 17.9 Å². The van der Waals surface area contributed by atoms with Gasteiger partial charge in [0.2, 0.25) is 5.91 Å². The molecule has 1 N–H and O–H groups in total. The van der Waals surface area contributed by atoms with Crippen LogP contribution in [-0.4, -0.2) is 28.0 Å². The number of unbranched alkanes of at least 4 members (excludes halogenated alkanes) is 2. The van der Waals surface area contributed by atoms with E-state index in [9.17, 15) is 4.79 Å². The number of hydrogen-bond acceptors (Lipinski definition) is 6. The predicted molar refractivity (Wildman–Crippen MR) is 138 cm³/mol. The van der Waals surface area contributed by atoms with Crippen molar-refractivity contribution in [3.63, 3.8) is 0 Å². The zero-order valence-corrected chi connectivity index (χ0v) is 21.1. The van der Waals surface area contributed by atoms with Gasteiger partial charge in [0, 0.05) is 13.0 Å². The SMILES string of the molecule is COc1cc(CNC(=O)CCCC/C=C/C(C)C)ccc1OCc1cn(-c2ccc(C#N)cc2)nn1. The molecule has 0 aliphatic carbocycles. The van der Waals surface area contributed by atoms with E-state index in [-0.39, 0.29) is 12.5 Å². The van der Waals surface area contributed by atoms with Gasteiger partial charge < -0.3 is 14.8 Å². The first-order valence-electron chi connectivity index (χ1n) is 12.1. The molecule has 3 aromatic rings. The van der Waals surface area contributed by atoms with Crippen LogP contribution in [0, 0.1) is 17.2 Å². The number of nitriles is 1. The molecular formula is C28H33N5O3. The molecule has 0 bridgehead atoms. The number of hydrogen-bond donors (Lipinski definition) is 1. The van der Waals surface area contributed by atoms with Crippen molar-refractivity contribution in [1.29, 1.82) is 5.26 Å². The van der Waals surface area contributed by atoms with Gasteiger partial charge in [-0.15, -0.1) is 5.10 Å². The molecule has 1 heterocycles. The van der Waals surface area contributed by atoms with Crippen LogP contribution >= 0.6 is 0 Å². The summed E-state index contributed by atoms with van der Waals surface area (Å²) in [5, 5.41) is 20.2. The summed E-state index contributed by atoms with van der Waals surface area (Å²) >= 11 is 0. The topological polar surface area (TPSA) is 102 Å². The quantitative estimate of drug-likeness (QED) is 0.265. The van der Waals surface area contributed by atoms with Crippen molar-refractivity contribution in [2.24, 2.45) is 5.92 Å². The summed E-state index contributed by atoms with van der Waals surface area (Å²) in [5.41, 5.74) is 2.97. The maximum absolute atomic E-state index is 12.2. The Labute approximate surface area is 212 Å². The fourth-order valence-electron chi connectivity index (χ4n) is 3.48. The molecule has 0 fully saturated rings. The number of nitrogens with zero attached hydrogens (tertiary/aromatic N) is 4. The minimum atomic E-state index is 0.0486. The molecule has 0 radical (unpaired) electrons. The second-order valence-electron chi connectivity index (χ2n) is 8.78. The smallest absolute Gasteiger partial charge is 0.220 e. The van der Waals surface area contributed by atoms with E-state index in [1.165, 1.54) is 0 Å². The minimum Gasteiger partial charge on any atom is -0.493 e. The third-order valence-corrected chi connectivity index (χ3v) is 5.44. The van der Waals surface area contributed by atoms with E-state index in [0.29, 0.717) is 41.6 Å². The highest BCUT2D eigenvalue weighted by molar-refractivity contribution is 5.75. The Bertz CT molecular complexity index is 1190. The molecule has 0 spiro atoms. The predicted octanol–water partition coefficient (Wildman–Crippen LogP) is 5.12. The lowest BCUT2D eigenvalue weighted by molar-refractivity contribution is -0.121. The average molecular weight is 488 g/mol. The highest BCUT2D eigenvalue weighted by Gasteiger charge is 2.10. The van der Waals surface area contributed by atoms with Crippen LogP contribution in [0.1, 0.15) is 56.4 Å². The van der Waals surface area contributed by atoms with Crippen molar-refractivity contribution in [1.82, 2.24) is 20.3 Å². The molecule has 8 heteroatoms. The third-order valence-electron chi connectivity index (χ3n) is 5.44. The summed E-state index contributed by atoms with van der Waals surface area (Å²) in [5.74, 6) is 1.78. The van der Waals surface area contributed by atoms with Crippen LogP contribution in [0.15, 0.2) is 60.8 Å². The van der Waals surface area contributed by atoms with Crippen molar-refractivity contribution in [3.05, 3.63) is 77.6 Å². The van der Waals surface area contributed by atoms with Crippen molar-refractivity contribution >= 4 is 5.91 Å². The summed E-state index contributed by atoms with van der Waals surface area (Å²) in [6.07, 6.45) is 9.58. The lowest BCUT2D eigenvalue weighted by Gasteiger charge is -2.12. The van der Waals surface area contributed by atoms with Gasteiger partial charge in [0.05, 0.1) is 30.6 Å². The van der Waals surface area contributed by atoms with Gasteiger partial charge in [-0.25, -0.2) is 4.68 Å². The number of benzene rings is 2. The van der Waals surface area contributed by atoms with Crippen LogP contribution in [0.4, 0.5) is 0 Å². The Hall–Kier alpha value is -4.12. The van der Waals surface area contributed by atoms with Crippen molar-refractivity contribution in [3.8, 4) is 23.3 Å². The van der Waals surface area contributed by atoms with Gasteiger partial charge in [-0.05, 0) is 67.1 Å². The van der Waals surface area contributed by atoms with Crippen LogP contribution in [0.2, 0.25) is 0 Å². The van der Waals surface area contributed by atoms with Gasteiger partial charge >= 0.3 is 0 Å². The first kappa shape index (κ1) is 26.5. The van der Waals surface area contributed by atoms with E-state index in [1.807, 2.05) is 30.3 Å². The van der Waals surface area contributed by atoms with Crippen LogP contribution in [0.3, 0.4) is 0 Å². The Morgan fingerprint density at radius 3 is 2.69 bits per heavy atom. The van der Waals surface area contributed by atoms with Crippen molar-refractivity contribution in [2.45, 2.75) is 52.7 Å². The van der Waals surface area contributed by atoms with E-state index in [4.69, 9.17) is 14.7 Å². The number of amides is 1. The molecule has 0 aliphatic rings. The number of carbonyl (C=O) groups is 1. The van der Waals surface area contributed by atoms with Crippen molar-refractivity contribution in [2.75, 3.05) is 7.11 Å². The average Bonchev–Trinajstić information content (AvgIpc) is 3.37. The maximum atomic E-state index is 12.2. The molecule has 1 aromatic heterocycles.